The van der Waals surface area contributed by atoms with Gasteiger partial charge in [0.05, 0.1) is 11.8 Å². The lowest BCUT2D eigenvalue weighted by molar-refractivity contribution is 0.177. The fraction of sp³-hybridized carbons (Fsp3) is 0.118. The van der Waals surface area contributed by atoms with E-state index in [2.05, 4.69) is 4.98 Å². The quantitative estimate of drug-likeness (QED) is 0.754. The van der Waals surface area contributed by atoms with Gasteiger partial charge in [0.2, 0.25) is 0 Å². The van der Waals surface area contributed by atoms with E-state index >= 15 is 0 Å². The van der Waals surface area contributed by atoms with Crippen LogP contribution in [0, 0.1) is 0 Å². The van der Waals surface area contributed by atoms with Crippen LogP contribution in [0.1, 0.15) is 17.4 Å². The van der Waals surface area contributed by atoms with E-state index in [1.54, 1.807) is 11.3 Å². The minimum absolute atomic E-state index is 0.515. The lowest BCUT2D eigenvalue weighted by Crippen LogP contribution is -2.01. The monoisotopic (exact) mass is 315 g/mol. The van der Waals surface area contributed by atoms with Crippen molar-refractivity contribution in [3.05, 3.63) is 76.3 Å². The van der Waals surface area contributed by atoms with Gasteiger partial charge in [-0.2, -0.15) is 0 Å². The maximum absolute atomic E-state index is 10.2. The summed E-state index contributed by atoms with van der Waals surface area (Å²) in [5.74, 6) is 0. The van der Waals surface area contributed by atoms with Crippen LogP contribution >= 0.6 is 22.9 Å². The lowest BCUT2D eigenvalue weighted by Gasteiger charge is -2.08. The van der Waals surface area contributed by atoms with Crippen molar-refractivity contribution in [2.75, 3.05) is 0 Å². The molecule has 0 saturated heterocycles. The van der Waals surface area contributed by atoms with Crippen LogP contribution < -0.4 is 0 Å². The van der Waals surface area contributed by atoms with Gasteiger partial charge >= 0.3 is 0 Å². The van der Waals surface area contributed by atoms with E-state index in [4.69, 9.17) is 11.6 Å². The Bertz CT molecular complexity index is 726. The molecule has 0 radical (unpaired) electrons. The van der Waals surface area contributed by atoms with Crippen LogP contribution in [0.5, 0.6) is 0 Å². The smallest absolute Gasteiger partial charge is 0.123 e. The molecular formula is C17H14ClNOS. The van der Waals surface area contributed by atoms with Crippen molar-refractivity contribution >= 4 is 22.9 Å². The van der Waals surface area contributed by atoms with Crippen LogP contribution in [0.15, 0.2) is 60.0 Å². The van der Waals surface area contributed by atoms with Gasteiger partial charge in [-0.25, -0.2) is 4.98 Å². The van der Waals surface area contributed by atoms with Crippen LogP contribution in [-0.2, 0) is 6.42 Å². The predicted octanol–water partition coefficient (Wildman–Crippen LogP) is 4.74. The molecule has 0 aliphatic heterocycles. The first-order valence-corrected chi connectivity index (χ1v) is 7.91. The van der Waals surface area contributed by atoms with E-state index in [0.717, 1.165) is 21.8 Å². The molecule has 106 valence electrons. The molecule has 3 aromatic rings. The van der Waals surface area contributed by atoms with Gasteiger partial charge in [-0.15, -0.1) is 11.3 Å². The Kier molecular flexibility index (Phi) is 4.34. The number of benzene rings is 2. The van der Waals surface area contributed by atoms with Crippen molar-refractivity contribution in [1.29, 1.82) is 0 Å². The number of aliphatic hydroxyl groups is 1. The molecule has 1 heterocycles. The molecule has 0 bridgehead atoms. The second kappa shape index (κ2) is 6.39. The number of thiazole rings is 1. The maximum Gasteiger partial charge on any atom is 0.123 e. The second-order valence-corrected chi connectivity index (χ2v) is 6.08. The number of rotatable bonds is 4. The molecule has 0 aliphatic rings. The minimum atomic E-state index is -0.527. The molecule has 1 aromatic heterocycles. The van der Waals surface area contributed by atoms with Crippen LogP contribution in [0.2, 0.25) is 5.02 Å². The molecule has 0 amide bonds. The summed E-state index contributed by atoms with van der Waals surface area (Å²) in [5, 5.41) is 13.9. The van der Waals surface area contributed by atoms with Gasteiger partial charge in [-0.05, 0) is 17.7 Å². The molecule has 0 fully saturated rings. The Hall–Kier alpha value is -1.68. The van der Waals surface area contributed by atoms with Crippen molar-refractivity contribution in [2.24, 2.45) is 0 Å². The Morgan fingerprint density at radius 3 is 2.67 bits per heavy atom. The molecular weight excluding hydrogens is 302 g/mol. The van der Waals surface area contributed by atoms with Crippen LogP contribution in [0.25, 0.3) is 10.6 Å². The Balaban J connectivity index is 1.76. The fourth-order valence-corrected chi connectivity index (χ4v) is 3.17. The first kappa shape index (κ1) is 14.3. The van der Waals surface area contributed by atoms with Crippen molar-refractivity contribution in [1.82, 2.24) is 4.98 Å². The maximum atomic E-state index is 10.2. The van der Waals surface area contributed by atoms with E-state index < -0.39 is 6.10 Å². The fourth-order valence-electron chi connectivity index (χ4n) is 2.15. The first-order chi connectivity index (χ1) is 10.2. The SMILES string of the molecule is OC(Cc1csc(-c2cccc(Cl)c2)n1)c1ccccc1. The summed E-state index contributed by atoms with van der Waals surface area (Å²) >= 11 is 7.57. The summed E-state index contributed by atoms with van der Waals surface area (Å²) in [7, 11) is 0. The zero-order valence-electron chi connectivity index (χ0n) is 11.2. The number of aliphatic hydroxyl groups excluding tert-OH is 1. The lowest BCUT2D eigenvalue weighted by atomic mass is 10.1. The third-order valence-electron chi connectivity index (χ3n) is 3.21. The van der Waals surface area contributed by atoms with Gasteiger partial charge in [0.15, 0.2) is 0 Å². The highest BCUT2D eigenvalue weighted by Crippen LogP contribution is 2.27. The zero-order valence-corrected chi connectivity index (χ0v) is 12.8. The average molecular weight is 316 g/mol. The molecule has 0 aliphatic carbocycles. The van der Waals surface area contributed by atoms with Gasteiger partial charge in [0.25, 0.3) is 0 Å². The summed E-state index contributed by atoms with van der Waals surface area (Å²) in [6.45, 7) is 0. The van der Waals surface area contributed by atoms with Crippen molar-refractivity contribution < 1.29 is 5.11 Å². The number of hydrogen-bond acceptors (Lipinski definition) is 3. The molecule has 3 rings (SSSR count). The van der Waals surface area contributed by atoms with E-state index in [0.29, 0.717) is 11.4 Å². The van der Waals surface area contributed by atoms with E-state index in [9.17, 15) is 5.11 Å². The molecule has 2 aromatic carbocycles. The Morgan fingerprint density at radius 2 is 1.90 bits per heavy atom. The highest BCUT2D eigenvalue weighted by molar-refractivity contribution is 7.13. The highest BCUT2D eigenvalue weighted by atomic mass is 35.5. The van der Waals surface area contributed by atoms with E-state index in [1.165, 1.54) is 0 Å². The zero-order chi connectivity index (χ0) is 14.7. The van der Waals surface area contributed by atoms with Crippen LogP contribution in [0.4, 0.5) is 0 Å². The van der Waals surface area contributed by atoms with E-state index in [1.807, 2.05) is 60.0 Å². The van der Waals surface area contributed by atoms with Gasteiger partial charge in [-0.1, -0.05) is 54.1 Å². The van der Waals surface area contributed by atoms with Gasteiger partial charge < -0.3 is 5.11 Å². The Morgan fingerprint density at radius 1 is 1.10 bits per heavy atom. The summed E-state index contributed by atoms with van der Waals surface area (Å²) < 4.78 is 0. The molecule has 2 nitrogen and oxygen atoms in total. The second-order valence-electron chi connectivity index (χ2n) is 4.78. The third-order valence-corrected chi connectivity index (χ3v) is 4.39. The van der Waals surface area contributed by atoms with Crippen LogP contribution in [-0.4, -0.2) is 10.1 Å². The molecule has 0 spiro atoms. The summed E-state index contributed by atoms with van der Waals surface area (Å²) in [6.07, 6.45) is -0.0123. The van der Waals surface area contributed by atoms with Crippen molar-refractivity contribution in [3.8, 4) is 10.6 Å². The van der Waals surface area contributed by atoms with Gasteiger partial charge in [-0.3, -0.25) is 0 Å². The predicted molar refractivity (Wildman–Crippen MR) is 87.7 cm³/mol. The Labute approximate surface area is 132 Å². The van der Waals surface area contributed by atoms with Gasteiger partial charge in [0.1, 0.15) is 5.01 Å². The van der Waals surface area contributed by atoms with Crippen LogP contribution in [0.3, 0.4) is 0 Å². The molecule has 4 heteroatoms. The topological polar surface area (TPSA) is 33.1 Å². The number of nitrogens with zero attached hydrogens (tertiary/aromatic N) is 1. The molecule has 1 atom stereocenters. The molecule has 1 unspecified atom stereocenters. The molecule has 21 heavy (non-hydrogen) atoms. The standard InChI is InChI=1S/C17H14ClNOS/c18-14-8-4-7-13(9-14)17-19-15(11-21-17)10-16(20)12-5-2-1-3-6-12/h1-9,11,16,20H,10H2. The number of hydrogen-bond donors (Lipinski definition) is 1. The largest absolute Gasteiger partial charge is 0.388 e. The highest BCUT2D eigenvalue weighted by Gasteiger charge is 2.11. The van der Waals surface area contributed by atoms with Gasteiger partial charge in [0, 0.05) is 22.4 Å². The summed E-state index contributed by atoms with van der Waals surface area (Å²) in [5.41, 5.74) is 2.81. The summed E-state index contributed by atoms with van der Waals surface area (Å²) in [6, 6.07) is 17.3. The van der Waals surface area contributed by atoms with E-state index in [-0.39, 0.29) is 0 Å². The number of aromatic nitrogens is 1. The first-order valence-electron chi connectivity index (χ1n) is 6.66. The summed E-state index contributed by atoms with van der Waals surface area (Å²) in [4.78, 5) is 4.59. The molecule has 0 saturated carbocycles. The minimum Gasteiger partial charge on any atom is -0.388 e. The third kappa shape index (κ3) is 3.50. The normalized spacial score (nSPS) is 12.3. The average Bonchev–Trinajstić information content (AvgIpc) is 2.97. The van der Waals surface area contributed by atoms with Crippen molar-refractivity contribution in [2.45, 2.75) is 12.5 Å². The van der Waals surface area contributed by atoms with Crippen molar-refractivity contribution in [3.63, 3.8) is 0 Å². The number of halogens is 1. The molecule has 1 N–H and O–H groups in total.